The topological polar surface area (TPSA) is 28.2 Å². The van der Waals surface area contributed by atoms with Gasteiger partial charge in [-0.3, -0.25) is 9.88 Å². The summed E-state index contributed by atoms with van der Waals surface area (Å²) >= 11 is 0. The van der Waals surface area contributed by atoms with E-state index in [2.05, 4.69) is 41.2 Å². The van der Waals surface area contributed by atoms with Gasteiger partial charge in [-0.2, -0.15) is 0 Å². The fraction of sp³-hybridized carbons (Fsp3) is 0.667. The molecular formula is C15H25N3. The maximum atomic E-state index is 4.07. The molecule has 1 saturated heterocycles. The molecule has 1 aliphatic rings. The summed E-state index contributed by atoms with van der Waals surface area (Å²) in [6, 6.07) is 5.63. The summed E-state index contributed by atoms with van der Waals surface area (Å²) in [6.07, 6.45) is 7.37. The van der Waals surface area contributed by atoms with Crippen LogP contribution in [0.2, 0.25) is 0 Å². The predicted molar refractivity (Wildman–Crippen MR) is 75.7 cm³/mol. The molecule has 0 radical (unpaired) electrons. The highest BCUT2D eigenvalue weighted by molar-refractivity contribution is 5.10. The molecule has 2 heterocycles. The number of nitrogens with zero attached hydrogens (tertiary/aromatic N) is 2. The third-order valence-corrected chi connectivity index (χ3v) is 4.01. The lowest BCUT2D eigenvalue weighted by Crippen LogP contribution is -2.56. The smallest absolute Gasteiger partial charge is 0.0270 e. The summed E-state index contributed by atoms with van der Waals surface area (Å²) in [5.41, 5.74) is 1.39. The number of pyridine rings is 1. The van der Waals surface area contributed by atoms with Crippen LogP contribution < -0.4 is 5.32 Å². The minimum absolute atomic E-state index is 0.672. The number of hydrogen-bond acceptors (Lipinski definition) is 3. The summed E-state index contributed by atoms with van der Waals surface area (Å²) in [7, 11) is 0. The van der Waals surface area contributed by atoms with Crippen molar-refractivity contribution in [2.24, 2.45) is 0 Å². The molecule has 2 atom stereocenters. The van der Waals surface area contributed by atoms with E-state index in [1.54, 1.807) is 0 Å². The SMILES string of the molecule is CCC1CN(CCc2ccncc2)C(CC)CN1. The number of hydrogen-bond donors (Lipinski definition) is 1. The van der Waals surface area contributed by atoms with Gasteiger partial charge in [0.15, 0.2) is 0 Å². The molecule has 18 heavy (non-hydrogen) atoms. The summed E-state index contributed by atoms with van der Waals surface area (Å²) in [5, 5.41) is 3.65. The molecule has 1 N–H and O–H groups in total. The number of piperazine rings is 1. The quantitative estimate of drug-likeness (QED) is 0.863. The molecule has 3 heteroatoms. The number of rotatable bonds is 5. The van der Waals surface area contributed by atoms with E-state index in [1.165, 1.54) is 31.5 Å². The molecule has 1 aromatic heterocycles. The van der Waals surface area contributed by atoms with E-state index in [0.717, 1.165) is 13.0 Å². The van der Waals surface area contributed by atoms with Crippen LogP contribution in [0.3, 0.4) is 0 Å². The fourth-order valence-electron chi connectivity index (χ4n) is 2.70. The molecular weight excluding hydrogens is 222 g/mol. The maximum Gasteiger partial charge on any atom is 0.0270 e. The summed E-state index contributed by atoms with van der Waals surface area (Å²) in [5.74, 6) is 0. The van der Waals surface area contributed by atoms with Crippen LogP contribution in [0.1, 0.15) is 32.3 Å². The Morgan fingerprint density at radius 3 is 2.72 bits per heavy atom. The zero-order chi connectivity index (χ0) is 12.8. The van der Waals surface area contributed by atoms with Gasteiger partial charge in [0.2, 0.25) is 0 Å². The van der Waals surface area contributed by atoms with Crippen LogP contribution in [0.4, 0.5) is 0 Å². The molecule has 0 spiro atoms. The monoisotopic (exact) mass is 247 g/mol. The van der Waals surface area contributed by atoms with Crippen LogP contribution in [0, 0.1) is 0 Å². The molecule has 100 valence electrons. The van der Waals surface area contributed by atoms with Gasteiger partial charge >= 0.3 is 0 Å². The second-order valence-corrected chi connectivity index (χ2v) is 5.18. The molecule has 0 amide bonds. The molecule has 1 fully saturated rings. The minimum atomic E-state index is 0.672. The van der Waals surface area contributed by atoms with E-state index in [-0.39, 0.29) is 0 Å². The highest BCUT2D eigenvalue weighted by Gasteiger charge is 2.25. The Balaban J connectivity index is 1.88. The highest BCUT2D eigenvalue weighted by atomic mass is 15.2. The minimum Gasteiger partial charge on any atom is -0.311 e. The van der Waals surface area contributed by atoms with E-state index in [1.807, 2.05) is 12.4 Å². The van der Waals surface area contributed by atoms with Crippen molar-refractivity contribution < 1.29 is 0 Å². The van der Waals surface area contributed by atoms with Crippen LogP contribution >= 0.6 is 0 Å². The van der Waals surface area contributed by atoms with Crippen LogP contribution in [0.25, 0.3) is 0 Å². The van der Waals surface area contributed by atoms with E-state index >= 15 is 0 Å². The standard InChI is InChI=1S/C15H25N3/c1-3-14-12-18(15(4-2)11-17-14)10-7-13-5-8-16-9-6-13/h5-6,8-9,14-15,17H,3-4,7,10-12H2,1-2H3. The lowest BCUT2D eigenvalue weighted by Gasteiger charge is -2.40. The first-order chi connectivity index (χ1) is 8.83. The van der Waals surface area contributed by atoms with Crippen molar-refractivity contribution in [3.63, 3.8) is 0 Å². The first kappa shape index (κ1) is 13.5. The van der Waals surface area contributed by atoms with Gasteiger partial charge in [-0.25, -0.2) is 0 Å². The molecule has 2 rings (SSSR count). The normalized spacial score (nSPS) is 25.2. The summed E-state index contributed by atoms with van der Waals surface area (Å²) in [4.78, 5) is 6.73. The molecule has 3 nitrogen and oxygen atoms in total. The largest absolute Gasteiger partial charge is 0.311 e. The molecule has 0 bridgehead atoms. The van der Waals surface area contributed by atoms with Gasteiger partial charge in [-0.05, 0) is 37.0 Å². The molecule has 0 aliphatic carbocycles. The first-order valence-corrected chi connectivity index (χ1v) is 7.19. The molecule has 1 aromatic rings. The summed E-state index contributed by atoms with van der Waals surface area (Å²) in [6.45, 7) is 8.06. The Morgan fingerprint density at radius 2 is 2.06 bits per heavy atom. The molecule has 0 saturated carbocycles. The molecule has 2 unspecified atom stereocenters. The lowest BCUT2D eigenvalue weighted by molar-refractivity contribution is 0.126. The predicted octanol–water partition coefficient (Wildman–Crippen LogP) is 2.09. The van der Waals surface area contributed by atoms with Gasteiger partial charge in [-0.15, -0.1) is 0 Å². The Bertz CT molecular complexity index is 339. The van der Waals surface area contributed by atoms with Crippen LogP contribution in [0.5, 0.6) is 0 Å². The third-order valence-electron chi connectivity index (χ3n) is 4.01. The number of nitrogens with one attached hydrogen (secondary N) is 1. The molecule has 1 aliphatic heterocycles. The average molecular weight is 247 g/mol. The van der Waals surface area contributed by atoms with Gasteiger partial charge in [0, 0.05) is 44.1 Å². The van der Waals surface area contributed by atoms with Gasteiger partial charge in [0.1, 0.15) is 0 Å². The fourth-order valence-corrected chi connectivity index (χ4v) is 2.70. The van der Waals surface area contributed by atoms with E-state index < -0.39 is 0 Å². The highest BCUT2D eigenvalue weighted by Crippen LogP contribution is 2.13. The van der Waals surface area contributed by atoms with E-state index in [9.17, 15) is 0 Å². The van der Waals surface area contributed by atoms with Gasteiger partial charge < -0.3 is 5.32 Å². The van der Waals surface area contributed by atoms with E-state index in [4.69, 9.17) is 0 Å². The summed E-state index contributed by atoms with van der Waals surface area (Å²) < 4.78 is 0. The van der Waals surface area contributed by atoms with E-state index in [0.29, 0.717) is 12.1 Å². The van der Waals surface area contributed by atoms with Gasteiger partial charge in [0.05, 0.1) is 0 Å². The zero-order valence-corrected chi connectivity index (χ0v) is 11.6. The second-order valence-electron chi connectivity index (χ2n) is 5.18. The Labute approximate surface area is 111 Å². The van der Waals surface area contributed by atoms with Crippen molar-refractivity contribution in [3.8, 4) is 0 Å². The van der Waals surface area contributed by atoms with Crippen molar-refractivity contribution in [2.75, 3.05) is 19.6 Å². The maximum absolute atomic E-state index is 4.07. The van der Waals surface area contributed by atoms with Crippen molar-refractivity contribution >= 4 is 0 Å². The molecule has 0 aromatic carbocycles. The van der Waals surface area contributed by atoms with Crippen LogP contribution in [-0.2, 0) is 6.42 Å². The number of aromatic nitrogens is 1. The van der Waals surface area contributed by atoms with Crippen LogP contribution in [0.15, 0.2) is 24.5 Å². The van der Waals surface area contributed by atoms with Gasteiger partial charge in [-0.1, -0.05) is 13.8 Å². The van der Waals surface area contributed by atoms with Crippen molar-refractivity contribution in [1.29, 1.82) is 0 Å². The zero-order valence-electron chi connectivity index (χ0n) is 11.6. The van der Waals surface area contributed by atoms with Crippen molar-refractivity contribution in [3.05, 3.63) is 30.1 Å². The lowest BCUT2D eigenvalue weighted by atomic mass is 10.0. The van der Waals surface area contributed by atoms with Crippen LogP contribution in [-0.4, -0.2) is 41.6 Å². The first-order valence-electron chi connectivity index (χ1n) is 7.19. The second kappa shape index (κ2) is 6.86. The van der Waals surface area contributed by atoms with Crippen molar-refractivity contribution in [1.82, 2.24) is 15.2 Å². The third kappa shape index (κ3) is 3.53. The Hall–Kier alpha value is -0.930. The Morgan fingerprint density at radius 1 is 1.28 bits per heavy atom. The Kier molecular flexibility index (Phi) is 5.14. The van der Waals surface area contributed by atoms with Crippen molar-refractivity contribution in [2.45, 2.75) is 45.2 Å². The van der Waals surface area contributed by atoms with Gasteiger partial charge in [0.25, 0.3) is 0 Å². The average Bonchev–Trinajstić information content (AvgIpc) is 2.45.